The van der Waals surface area contributed by atoms with Crippen molar-refractivity contribution in [3.63, 3.8) is 0 Å². The lowest BCUT2D eigenvalue weighted by Gasteiger charge is -2.21. The fraction of sp³-hybridized carbons (Fsp3) is 0.353. The number of aromatic nitrogens is 2. The summed E-state index contributed by atoms with van der Waals surface area (Å²) in [7, 11) is 0. The maximum Gasteiger partial charge on any atom is 0.308 e. The van der Waals surface area contributed by atoms with E-state index in [0.717, 1.165) is 5.56 Å². The maximum atomic E-state index is 12.7. The Labute approximate surface area is 144 Å². The summed E-state index contributed by atoms with van der Waals surface area (Å²) in [5, 5.41) is 14.2. The minimum atomic E-state index is -0.892. The molecule has 3 atom stereocenters. The van der Waals surface area contributed by atoms with Gasteiger partial charge in [-0.2, -0.15) is 5.10 Å². The van der Waals surface area contributed by atoms with Crippen molar-refractivity contribution in [3.8, 4) is 0 Å². The first-order valence-corrected chi connectivity index (χ1v) is 8.11. The average molecular weight is 348 g/mol. The number of carboxylic acid groups (broad SMARTS) is 1. The molecule has 2 aromatic rings. The molecule has 1 amide bonds. The summed E-state index contributed by atoms with van der Waals surface area (Å²) in [5.74, 6) is -1.88. The molecule has 0 aliphatic carbocycles. The van der Waals surface area contributed by atoms with Crippen LogP contribution in [0.1, 0.15) is 24.4 Å². The molecule has 1 aromatic carbocycles. The summed E-state index contributed by atoms with van der Waals surface area (Å²) in [6.07, 6.45) is 3.34. The highest BCUT2D eigenvalue weighted by Crippen LogP contribution is 2.34. The molecule has 126 valence electrons. The van der Waals surface area contributed by atoms with Crippen molar-refractivity contribution >= 4 is 23.5 Å². The van der Waals surface area contributed by atoms with E-state index in [2.05, 4.69) is 5.10 Å². The minimum absolute atomic E-state index is 0.124. The molecule has 1 aliphatic heterocycles. The predicted octanol–water partition coefficient (Wildman–Crippen LogP) is 2.42. The molecule has 1 aliphatic rings. The average Bonchev–Trinajstić information content (AvgIpc) is 3.24. The SMILES string of the molecule is CC(C(=O)N1C[C@@H](C(=O)O)[C@H](c2ccc(Cl)cc2)C1)n1cccn1. The number of hydrogen-bond donors (Lipinski definition) is 1. The van der Waals surface area contributed by atoms with Gasteiger partial charge in [0.2, 0.25) is 5.91 Å². The second-order valence-corrected chi connectivity index (χ2v) is 6.44. The molecule has 0 radical (unpaired) electrons. The van der Waals surface area contributed by atoms with Crippen molar-refractivity contribution in [1.82, 2.24) is 14.7 Å². The van der Waals surface area contributed by atoms with Gasteiger partial charge in [0.1, 0.15) is 6.04 Å². The Balaban J connectivity index is 1.81. The Morgan fingerprint density at radius 1 is 1.29 bits per heavy atom. The molecule has 1 N–H and O–H groups in total. The standard InChI is InChI=1S/C17H18ClN3O3/c1-11(21-8-2-7-19-21)16(22)20-9-14(15(10-20)17(23)24)12-3-5-13(18)6-4-12/h2-8,11,14-15H,9-10H2,1H3,(H,23,24)/t11?,14-,15+/m0/s1. The van der Waals surface area contributed by atoms with E-state index in [9.17, 15) is 14.7 Å². The summed E-state index contributed by atoms with van der Waals surface area (Å²) in [6, 6.07) is 8.43. The van der Waals surface area contributed by atoms with Gasteiger partial charge in [-0.25, -0.2) is 0 Å². The van der Waals surface area contributed by atoms with Gasteiger partial charge in [-0.1, -0.05) is 23.7 Å². The Morgan fingerprint density at radius 2 is 2.00 bits per heavy atom. The van der Waals surface area contributed by atoms with Gasteiger partial charge in [0.15, 0.2) is 0 Å². The van der Waals surface area contributed by atoms with E-state index in [1.54, 1.807) is 47.1 Å². The Morgan fingerprint density at radius 3 is 2.58 bits per heavy atom. The molecule has 24 heavy (non-hydrogen) atoms. The third-order valence-corrected chi connectivity index (χ3v) is 4.78. The Hall–Kier alpha value is -2.34. The van der Waals surface area contributed by atoms with Gasteiger partial charge in [0.05, 0.1) is 5.92 Å². The van der Waals surface area contributed by atoms with Crippen LogP contribution in [0.3, 0.4) is 0 Å². The second kappa shape index (κ2) is 6.65. The zero-order chi connectivity index (χ0) is 17.3. The number of benzene rings is 1. The largest absolute Gasteiger partial charge is 0.481 e. The monoisotopic (exact) mass is 347 g/mol. The first-order chi connectivity index (χ1) is 11.5. The first kappa shape index (κ1) is 16.5. The zero-order valence-electron chi connectivity index (χ0n) is 13.2. The highest BCUT2D eigenvalue weighted by molar-refractivity contribution is 6.30. The smallest absolute Gasteiger partial charge is 0.308 e. The van der Waals surface area contributed by atoms with Crippen molar-refractivity contribution < 1.29 is 14.7 Å². The molecule has 0 saturated carbocycles. The number of hydrogen-bond acceptors (Lipinski definition) is 3. The number of carbonyl (C=O) groups is 2. The molecule has 1 fully saturated rings. The van der Waals surface area contributed by atoms with Gasteiger partial charge in [0.25, 0.3) is 0 Å². The highest BCUT2D eigenvalue weighted by Gasteiger charge is 2.41. The zero-order valence-corrected chi connectivity index (χ0v) is 13.9. The van der Waals surface area contributed by atoms with Crippen LogP contribution in [0.4, 0.5) is 0 Å². The number of carboxylic acids is 1. The lowest BCUT2D eigenvalue weighted by Crippen LogP contribution is -2.35. The normalized spacial score (nSPS) is 21.7. The van der Waals surface area contributed by atoms with E-state index < -0.39 is 17.9 Å². The van der Waals surface area contributed by atoms with Crippen LogP contribution in [-0.2, 0) is 9.59 Å². The van der Waals surface area contributed by atoms with Crippen molar-refractivity contribution in [3.05, 3.63) is 53.3 Å². The van der Waals surface area contributed by atoms with Crippen molar-refractivity contribution in [2.75, 3.05) is 13.1 Å². The third-order valence-electron chi connectivity index (χ3n) is 4.53. The van der Waals surface area contributed by atoms with E-state index in [0.29, 0.717) is 11.6 Å². The quantitative estimate of drug-likeness (QED) is 0.921. The number of rotatable bonds is 4. The maximum absolute atomic E-state index is 12.7. The van der Waals surface area contributed by atoms with Gasteiger partial charge in [0, 0.05) is 36.4 Å². The number of aliphatic carboxylic acids is 1. The Kier molecular flexibility index (Phi) is 4.57. The molecule has 0 bridgehead atoms. The van der Waals surface area contributed by atoms with Crippen LogP contribution in [0, 0.1) is 5.92 Å². The third kappa shape index (κ3) is 3.14. The van der Waals surface area contributed by atoms with Gasteiger partial charge >= 0.3 is 5.97 Å². The van der Waals surface area contributed by atoms with Crippen LogP contribution in [0.5, 0.6) is 0 Å². The first-order valence-electron chi connectivity index (χ1n) is 7.73. The van der Waals surface area contributed by atoms with E-state index in [4.69, 9.17) is 11.6 Å². The van der Waals surface area contributed by atoms with Crippen LogP contribution in [0.25, 0.3) is 0 Å². The van der Waals surface area contributed by atoms with Crippen molar-refractivity contribution in [2.45, 2.75) is 18.9 Å². The lowest BCUT2D eigenvalue weighted by atomic mass is 9.89. The molecule has 2 heterocycles. The summed E-state index contributed by atoms with van der Waals surface area (Å²) in [6.45, 7) is 2.34. The van der Waals surface area contributed by atoms with Crippen molar-refractivity contribution in [2.24, 2.45) is 5.92 Å². The topological polar surface area (TPSA) is 75.4 Å². The van der Waals surface area contributed by atoms with Gasteiger partial charge in [-0.05, 0) is 30.7 Å². The summed E-state index contributed by atoms with van der Waals surface area (Å²) < 4.78 is 1.58. The summed E-state index contributed by atoms with van der Waals surface area (Å²) in [5.41, 5.74) is 0.883. The minimum Gasteiger partial charge on any atom is -0.481 e. The summed E-state index contributed by atoms with van der Waals surface area (Å²) >= 11 is 5.90. The van der Waals surface area contributed by atoms with Gasteiger partial charge in [-0.15, -0.1) is 0 Å². The molecule has 7 heteroatoms. The van der Waals surface area contributed by atoms with Crippen LogP contribution < -0.4 is 0 Å². The number of nitrogens with zero attached hydrogens (tertiary/aromatic N) is 3. The fourth-order valence-corrected chi connectivity index (χ4v) is 3.29. The van der Waals surface area contributed by atoms with Crippen LogP contribution in [0.15, 0.2) is 42.7 Å². The molecule has 0 spiro atoms. The van der Waals surface area contributed by atoms with E-state index in [1.165, 1.54) is 0 Å². The number of halogens is 1. The summed E-state index contributed by atoms with van der Waals surface area (Å²) in [4.78, 5) is 25.9. The fourth-order valence-electron chi connectivity index (χ4n) is 3.17. The number of carbonyl (C=O) groups excluding carboxylic acids is 1. The predicted molar refractivity (Wildman–Crippen MR) is 88.8 cm³/mol. The highest BCUT2D eigenvalue weighted by atomic mass is 35.5. The molecule has 3 rings (SSSR count). The van der Waals surface area contributed by atoms with Crippen molar-refractivity contribution in [1.29, 1.82) is 0 Å². The Bertz CT molecular complexity index is 730. The molecule has 1 saturated heterocycles. The number of amides is 1. The van der Waals surface area contributed by atoms with Crippen LogP contribution >= 0.6 is 11.6 Å². The van der Waals surface area contributed by atoms with Crippen LogP contribution in [0.2, 0.25) is 5.02 Å². The van der Waals surface area contributed by atoms with Gasteiger partial charge in [-0.3, -0.25) is 14.3 Å². The van der Waals surface area contributed by atoms with Crippen LogP contribution in [-0.4, -0.2) is 44.8 Å². The molecular formula is C17H18ClN3O3. The second-order valence-electron chi connectivity index (χ2n) is 6.01. The number of likely N-dealkylation sites (tertiary alicyclic amines) is 1. The molecule has 1 aromatic heterocycles. The van der Waals surface area contributed by atoms with E-state index >= 15 is 0 Å². The lowest BCUT2D eigenvalue weighted by molar-refractivity contribution is -0.142. The molecule has 6 nitrogen and oxygen atoms in total. The molecular weight excluding hydrogens is 330 g/mol. The molecule has 1 unspecified atom stereocenters. The van der Waals surface area contributed by atoms with E-state index in [-0.39, 0.29) is 18.4 Å². The van der Waals surface area contributed by atoms with Gasteiger partial charge < -0.3 is 10.0 Å². The van der Waals surface area contributed by atoms with E-state index in [1.807, 2.05) is 12.1 Å².